The number of likely N-dealkylation sites (N-methyl/N-ethyl adjacent to an activating group) is 1. The summed E-state index contributed by atoms with van der Waals surface area (Å²) < 4.78 is 34.3. The van der Waals surface area contributed by atoms with Crippen LogP contribution in [-0.4, -0.2) is 70.3 Å². The van der Waals surface area contributed by atoms with Gasteiger partial charge in [0, 0.05) is 13.1 Å². The van der Waals surface area contributed by atoms with Gasteiger partial charge >= 0.3 is 0 Å². The predicted molar refractivity (Wildman–Crippen MR) is 162 cm³/mol. The molecule has 0 spiro atoms. The summed E-state index contributed by atoms with van der Waals surface area (Å²) in [6.07, 6.45) is 3.33. The van der Waals surface area contributed by atoms with E-state index < -0.39 is 6.10 Å². The molecule has 1 unspecified atom stereocenters. The summed E-state index contributed by atoms with van der Waals surface area (Å²) in [6, 6.07) is 14.8. The van der Waals surface area contributed by atoms with Crippen molar-refractivity contribution in [2.24, 2.45) is 0 Å². The van der Waals surface area contributed by atoms with Crippen molar-refractivity contribution in [3.63, 3.8) is 0 Å². The van der Waals surface area contributed by atoms with Crippen LogP contribution in [0.3, 0.4) is 0 Å². The van der Waals surface area contributed by atoms with Crippen molar-refractivity contribution in [1.82, 2.24) is 4.90 Å². The van der Waals surface area contributed by atoms with Crippen molar-refractivity contribution in [1.29, 1.82) is 0 Å². The number of aliphatic hydroxyl groups is 1. The molecule has 0 aliphatic rings. The number of hydrogen-bond acceptors (Lipinski definition) is 9. The number of methoxy groups -OCH3 is 4. The Morgan fingerprint density at radius 3 is 2.19 bits per heavy atom. The fourth-order valence-corrected chi connectivity index (χ4v) is 5.08. The van der Waals surface area contributed by atoms with Crippen LogP contribution in [0.5, 0.6) is 34.5 Å². The maximum atomic E-state index is 11.4. The minimum Gasteiger partial charge on any atom is -0.508 e. The first kappa shape index (κ1) is 30.9. The maximum Gasteiger partial charge on any atom is 0.205 e. The maximum absolute atomic E-state index is 11.4. The Bertz CT molecular complexity index is 1430. The lowest BCUT2D eigenvalue weighted by Gasteiger charge is -2.23. The molecule has 0 fully saturated rings. The first-order chi connectivity index (χ1) is 20.4. The number of benzene rings is 3. The highest BCUT2D eigenvalue weighted by atomic mass is 16.5. The van der Waals surface area contributed by atoms with Crippen LogP contribution in [0.25, 0.3) is 11.0 Å². The topological polar surface area (TPSA) is 103 Å². The summed E-state index contributed by atoms with van der Waals surface area (Å²) in [7, 11) is 8.49. The summed E-state index contributed by atoms with van der Waals surface area (Å²) in [6.45, 7) is 2.09. The molecule has 4 aromatic rings. The number of furan rings is 1. The average molecular weight is 580 g/mol. The molecule has 3 aromatic carbocycles. The molecule has 226 valence electrons. The van der Waals surface area contributed by atoms with E-state index in [0.717, 1.165) is 43.0 Å². The largest absolute Gasteiger partial charge is 0.508 e. The van der Waals surface area contributed by atoms with Crippen LogP contribution in [0.15, 0.2) is 59.2 Å². The molecule has 0 bridgehead atoms. The van der Waals surface area contributed by atoms with Crippen LogP contribution in [0.4, 0.5) is 0 Å². The lowest BCUT2D eigenvalue weighted by Crippen LogP contribution is -2.24. The molecule has 9 nitrogen and oxygen atoms in total. The SMILES string of the molecule is COc1ccc(CCN(C)CCCOc2c(C(O)CCc3ccc(O)cc3)c(OC)c3ccoc3c2OC)cc1OC. The number of phenols is 1. The van der Waals surface area contributed by atoms with Crippen LogP contribution >= 0.6 is 0 Å². The number of phenolic OH excluding ortho intramolecular Hbond substituents is 1. The quantitative estimate of drug-likeness (QED) is 0.160. The van der Waals surface area contributed by atoms with Crippen molar-refractivity contribution in [3.05, 3.63) is 71.5 Å². The van der Waals surface area contributed by atoms with Gasteiger partial charge in [0.1, 0.15) is 11.5 Å². The second kappa shape index (κ2) is 14.7. The minimum atomic E-state index is -0.888. The number of aryl methyl sites for hydroxylation is 1. The highest BCUT2D eigenvalue weighted by Crippen LogP contribution is 2.49. The third-order valence-electron chi connectivity index (χ3n) is 7.36. The molecule has 0 amide bonds. The first-order valence-corrected chi connectivity index (χ1v) is 14.0. The van der Waals surface area contributed by atoms with Gasteiger partial charge in [-0.1, -0.05) is 18.2 Å². The standard InChI is InChI=1S/C33H41NO8/c1-34(18-15-23-10-14-27(37-2)28(21-23)38-3)17-6-19-41-32-29(26(36)13-9-22-7-11-24(35)12-8-22)30(39-4)25-16-20-42-31(25)33(32)40-5/h7-8,10-12,14,16,20-21,26,35-36H,6,9,13,15,17-19H2,1-5H3. The van der Waals surface area contributed by atoms with Gasteiger partial charge in [0.05, 0.1) is 58.4 Å². The molecule has 1 heterocycles. The zero-order chi connectivity index (χ0) is 30.1. The third kappa shape index (κ3) is 7.21. The van der Waals surface area contributed by atoms with Gasteiger partial charge in [0.2, 0.25) is 5.75 Å². The van der Waals surface area contributed by atoms with Gasteiger partial charge in [0.25, 0.3) is 0 Å². The Labute approximate surface area is 247 Å². The second-order valence-corrected chi connectivity index (χ2v) is 10.1. The molecule has 1 atom stereocenters. The van der Waals surface area contributed by atoms with Crippen LogP contribution in [0.1, 0.15) is 35.6 Å². The van der Waals surface area contributed by atoms with Gasteiger partial charge in [0.15, 0.2) is 22.8 Å². The monoisotopic (exact) mass is 579 g/mol. The second-order valence-electron chi connectivity index (χ2n) is 10.1. The van der Waals surface area contributed by atoms with Crippen molar-refractivity contribution in [2.45, 2.75) is 31.8 Å². The molecule has 0 radical (unpaired) electrons. The number of hydrogen-bond donors (Lipinski definition) is 2. The van der Waals surface area contributed by atoms with Crippen LogP contribution in [-0.2, 0) is 12.8 Å². The Hall–Kier alpha value is -4.08. The molecule has 0 aliphatic carbocycles. The number of ether oxygens (including phenoxy) is 5. The summed E-state index contributed by atoms with van der Waals surface area (Å²) in [4.78, 5) is 2.25. The van der Waals surface area contributed by atoms with Gasteiger partial charge in [-0.25, -0.2) is 0 Å². The van der Waals surface area contributed by atoms with Gasteiger partial charge in [-0.05, 0) is 74.2 Å². The fraction of sp³-hybridized carbons (Fsp3) is 0.394. The molecule has 1 aromatic heterocycles. The van der Waals surface area contributed by atoms with E-state index in [1.165, 1.54) is 5.56 Å². The van der Waals surface area contributed by atoms with Gasteiger partial charge < -0.3 is 43.2 Å². The number of aromatic hydroxyl groups is 1. The van der Waals surface area contributed by atoms with Crippen LogP contribution < -0.4 is 23.7 Å². The lowest BCUT2D eigenvalue weighted by atomic mass is 9.97. The van der Waals surface area contributed by atoms with Gasteiger partial charge in [-0.3, -0.25) is 0 Å². The highest BCUT2D eigenvalue weighted by molar-refractivity contribution is 5.93. The van der Waals surface area contributed by atoms with E-state index in [9.17, 15) is 10.2 Å². The lowest BCUT2D eigenvalue weighted by molar-refractivity contribution is 0.155. The van der Waals surface area contributed by atoms with Crippen molar-refractivity contribution in [2.75, 3.05) is 55.2 Å². The molecule has 2 N–H and O–H groups in total. The van der Waals surface area contributed by atoms with E-state index in [0.29, 0.717) is 53.2 Å². The average Bonchev–Trinajstić information content (AvgIpc) is 3.50. The Morgan fingerprint density at radius 2 is 1.50 bits per heavy atom. The van der Waals surface area contributed by atoms with Crippen LogP contribution in [0.2, 0.25) is 0 Å². The van der Waals surface area contributed by atoms with Crippen LogP contribution in [0, 0.1) is 0 Å². The van der Waals surface area contributed by atoms with E-state index in [1.54, 1.807) is 52.9 Å². The van der Waals surface area contributed by atoms with Crippen molar-refractivity contribution >= 4 is 11.0 Å². The molecular formula is C33H41NO8. The predicted octanol–water partition coefficient (Wildman–Crippen LogP) is 5.78. The first-order valence-electron chi connectivity index (χ1n) is 14.0. The minimum absolute atomic E-state index is 0.207. The Balaban J connectivity index is 1.43. The fourth-order valence-electron chi connectivity index (χ4n) is 5.08. The number of aliphatic hydroxyl groups excluding tert-OH is 1. The van der Waals surface area contributed by atoms with E-state index in [4.69, 9.17) is 28.1 Å². The molecule has 0 saturated heterocycles. The van der Waals surface area contributed by atoms with E-state index in [2.05, 4.69) is 18.0 Å². The normalized spacial score (nSPS) is 12.0. The number of rotatable bonds is 16. The molecule has 9 heteroatoms. The summed E-state index contributed by atoms with van der Waals surface area (Å²) in [5, 5.41) is 21.7. The summed E-state index contributed by atoms with van der Waals surface area (Å²) in [5.41, 5.74) is 3.21. The summed E-state index contributed by atoms with van der Waals surface area (Å²) >= 11 is 0. The molecule has 0 saturated carbocycles. The van der Waals surface area contributed by atoms with E-state index in [-0.39, 0.29) is 5.75 Å². The Kier molecular flexibility index (Phi) is 10.8. The molecular weight excluding hydrogens is 538 g/mol. The van der Waals surface area contributed by atoms with Gasteiger partial charge in [-0.15, -0.1) is 0 Å². The smallest absolute Gasteiger partial charge is 0.205 e. The van der Waals surface area contributed by atoms with E-state index in [1.807, 2.05) is 24.3 Å². The molecule has 0 aliphatic heterocycles. The van der Waals surface area contributed by atoms with Gasteiger partial charge in [-0.2, -0.15) is 0 Å². The van der Waals surface area contributed by atoms with Crippen molar-refractivity contribution in [3.8, 4) is 34.5 Å². The molecule has 42 heavy (non-hydrogen) atoms. The zero-order valence-corrected chi connectivity index (χ0v) is 25.0. The van der Waals surface area contributed by atoms with Crippen molar-refractivity contribution < 1.29 is 38.3 Å². The highest BCUT2D eigenvalue weighted by Gasteiger charge is 2.29. The summed E-state index contributed by atoms with van der Waals surface area (Å²) in [5.74, 6) is 3.00. The third-order valence-corrected chi connectivity index (χ3v) is 7.36. The molecule has 4 rings (SSSR count). The zero-order valence-electron chi connectivity index (χ0n) is 25.0. The Morgan fingerprint density at radius 1 is 0.786 bits per heavy atom. The van der Waals surface area contributed by atoms with E-state index >= 15 is 0 Å². The number of fused-ring (bicyclic) bond motifs is 1. The number of nitrogens with zero attached hydrogens (tertiary/aromatic N) is 1.